The zero-order valence-corrected chi connectivity index (χ0v) is 11.5. The van der Waals surface area contributed by atoms with Crippen LogP contribution in [0.4, 0.5) is 0 Å². The minimum atomic E-state index is -0.641. The van der Waals surface area contributed by atoms with E-state index in [1.807, 2.05) is 5.01 Å². The van der Waals surface area contributed by atoms with E-state index in [1.165, 1.54) is 0 Å². The summed E-state index contributed by atoms with van der Waals surface area (Å²) in [4.78, 5) is 38.1. The highest BCUT2D eigenvalue weighted by Gasteiger charge is 2.51. The van der Waals surface area contributed by atoms with E-state index in [-0.39, 0.29) is 17.7 Å². The van der Waals surface area contributed by atoms with Crippen molar-refractivity contribution in [3.63, 3.8) is 0 Å². The topological polar surface area (TPSA) is 60.9 Å². The summed E-state index contributed by atoms with van der Waals surface area (Å²) in [6.07, 6.45) is 2.17. The van der Waals surface area contributed by atoms with Gasteiger partial charge >= 0.3 is 0 Å². The predicted molar refractivity (Wildman–Crippen MR) is 73.3 cm³/mol. The average molecular weight is 285 g/mol. The monoisotopic (exact) mass is 285 g/mol. The third-order valence-corrected chi connectivity index (χ3v) is 4.45. The first-order valence-electron chi connectivity index (χ1n) is 7.21. The van der Waals surface area contributed by atoms with E-state index in [4.69, 9.17) is 0 Å². The molecule has 0 saturated carbocycles. The maximum atomic E-state index is 12.3. The lowest BCUT2D eigenvalue weighted by Gasteiger charge is -2.45. The molecule has 2 fully saturated rings. The second-order valence-electron chi connectivity index (χ2n) is 5.62. The van der Waals surface area contributed by atoms with Gasteiger partial charge in [-0.2, -0.15) is 0 Å². The number of benzene rings is 1. The predicted octanol–water partition coefficient (Wildman–Crippen LogP) is 0.504. The lowest BCUT2D eigenvalue weighted by molar-refractivity contribution is -0.171. The average Bonchev–Trinajstić information content (AvgIpc) is 3.09. The Labute approximate surface area is 121 Å². The summed E-state index contributed by atoms with van der Waals surface area (Å²) < 4.78 is 0. The minimum Gasteiger partial charge on any atom is -0.271 e. The summed E-state index contributed by atoms with van der Waals surface area (Å²) >= 11 is 0. The van der Waals surface area contributed by atoms with E-state index in [2.05, 4.69) is 0 Å². The lowest BCUT2D eigenvalue weighted by Crippen LogP contribution is -2.69. The maximum Gasteiger partial charge on any atom is 0.262 e. The summed E-state index contributed by atoms with van der Waals surface area (Å²) in [7, 11) is 0. The molecule has 3 amide bonds. The van der Waals surface area contributed by atoms with Crippen LogP contribution in [0.3, 0.4) is 0 Å². The maximum absolute atomic E-state index is 12.3. The zero-order valence-electron chi connectivity index (χ0n) is 11.5. The molecular formula is C15H15N3O3. The number of hydrogen-bond acceptors (Lipinski definition) is 4. The van der Waals surface area contributed by atoms with Crippen molar-refractivity contribution in [2.24, 2.45) is 0 Å². The van der Waals surface area contributed by atoms with Gasteiger partial charge in [0.2, 0.25) is 0 Å². The SMILES string of the molecule is O=C1c2ccccc2C(=O)N1C1CN(N2CCCC2)C1=O. The molecule has 108 valence electrons. The number of nitrogens with zero attached hydrogens (tertiary/aromatic N) is 3. The Bertz CT molecular complexity index is 616. The summed E-state index contributed by atoms with van der Waals surface area (Å²) in [6, 6.07) is 6.09. The fourth-order valence-corrected chi connectivity index (χ4v) is 3.27. The summed E-state index contributed by atoms with van der Waals surface area (Å²) in [6.45, 7) is 2.17. The van der Waals surface area contributed by atoms with Crippen LogP contribution in [0.15, 0.2) is 24.3 Å². The van der Waals surface area contributed by atoms with Gasteiger partial charge in [0.05, 0.1) is 17.7 Å². The molecule has 6 heteroatoms. The van der Waals surface area contributed by atoms with Crippen molar-refractivity contribution in [2.75, 3.05) is 19.6 Å². The smallest absolute Gasteiger partial charge is 0.262 e. The highest BCUT2D eigenvalue weighted by Crippen LogP contribution is 2.30. The first-order chi connectivity index (χ1) is 10.2. The van der Waals surface area contributed by atoms with Crippen molar-refractivity contribution < 1.29 is 14.4 Å². The highest BCUT2D eigenvalue weighted by atomic mass is 16.2. The van der Waals surface area contributed by atoms with Gasteiger partial charge in [0.1, 0.15) is 6.04 Å². The number of hydrogen-bond donors (Lipinski definition) is 0. The molecule has 2 saturated heterocycles. The Morgan fingerprint density at radius 1 is 0.905 bits per heavy atom. The molecular weight excluding hydrogens is 270 g/mol. The molecule has 0 aliphatic carbocycles. The van der Waals surface area contributed by atoms with E-state index in [0.717, 1.165) is 30.8 Å². The first kappa shape index (κ1) is 12.5. The highest BCUT2D eigenvalue weighted by molar-refractivity contribution is 6.23. The normalized spacial score (nSPS) is 25.5. The molecule has 0 spiro atoms. The van der Waals surface area contributed by atoms with Crippen LogP contribution in [0.2, 0.25) is 0 Å². The van der Waals surface area contributed by atoms with Crippen molar-refractivity contribution in [1.82, 2.24) is 14.9 Å². The number of carbonyl (C=O) groups is 3. The van der Waals surface area contributed by atoms with Crippen LogP contribution < -0.4 is 0 Å². The van der Waals surface area contributed by atoms with Crippen LogP contribution in [0.5, 0.6) is 0 Å². The minimum absolute atomic E-state index is 0.147. The van der Waals surface area contributed by atoms with Crippen molar-refractivity contribution in [1.29, 1.82) is 0 Å². The van der Waals surface area contributed by atoms with E-state index >= 15 is 0 Å². The second-order valence-corrected chi connectivity index (χ2v) is 5.62. The molecule has 4 rings (SSSR count). The number of hydrazine groups is 1. The third-order valence-electron chi connectivity index (χ3n) is 4.45. The van der Waals surface area contributed by atoms with Crippen molar-refractivity contribution in [3.05, 3.63) is 35.4 Å². The van der Waals surface area contributed by atoms with Crippen LogP contribution in [-0.4, -0.2) is 58.3 Å². The molecule has 3 heterocycles. The molecule has 1 atom stereocenters. The van der Waals surface area contributed by atoms with Crippen LogP contribution in [-0.2, 0) is 4.79 Å². The number of amides is 3. The molecule has 0 radical (unpaired) electrons. The number of rotatable bonds is 2. The van der Waals surface area contributed by atoms with Crippen molar-refractivity contribution in [2.45, 2.75) is 18.9 Å². The van der Waals surface area contributed by atoms with Gasteiger partial charge in [-0.3, -0.25) is 24.3 Å². The molecule has 1 unspecified atom stereocenters. The van der Waals surface area contributed by atoms with E-state index in [9.17, 15) is 14.4 Å². The van der Waals surface area contributed by atoms with Gasteiger partial charge < -0.3 is 0 Å². The number of fused-ring (bicyclic) bond motifs is 1. The molecule has 3 aliphatic rings. The molecule has 21 heavy (non-hydrogen) atoms. The van der Waals surface area contributed by atoms with Crippen molar-refractivity contribution >= 4 is 17.7 Å². The standard InChI is InChI=1S/C15H15N3O3/c19-13-10-5-1-2-6-11(10)14(20)18(13)12-9-17(15(12)21)16-7-3-4-8-16/h1-2,5-6,12H,3-4,7-9H2. The van der Waals surface area contributed by atoms with Gasteiger partial charge in [-0.1, -0.05) is 12.1 Å². The van der Waals surface area contributed by atoms with Gasteiger partial charge in [-0.05, 0) is 25.0 Å². The van der Waals surface area contributed by atoms with Crippen LogP contribution >= 0.6 is 0 Å². The third kappa shape index (κ3) is 1.65. The molecule has 1 aromatic carbocycles. The van der Waals surface area contributed by atoms with E-state index in [1.54, 1.807) is 29.3 Å². The molecule has 1 aromatic rings. The molecule has 3 aliphatic heterocycles. The molecule has 6 nitrogen and oxygen atoms in total. The quantitative estimate of drug-likeness (QED) is 0.586. The van der Waals surface area contributed by atoms with Crippen molar-refractivity contribution in [3.8, 4) is 0 Å². The van der Waals surface area contributed by atoms with Gasteiger partial charge in [-0.15, -0.1) is 0 Å². The van der Waals surface area contributed by atoms with Gasteiger partial charge in [0.25, 0.3) is 17.7 Å². The number of imide groups is 1. The Morgan fingerprint density at radius 3 is 2.00 bits per heavy atom. The van der Waals surface area contributed by atoms with Gasteiger partial charge in [0, 0.05) is 13.1 Å². The summed E-state index contributed by atoms with van der Waals surface area (Å²) in [5.41, 5.74) is 0.796. The van der Waals surface area contributed by atoms with Gasteiger partial charge in [-0.25, -0.2) is 5.01 Å². The summed E-state index contributed by atoms with van der Waals surface area (Å²) in [5, 5.41) is 3.68. The Morgan fingerprint density at radius 2 is 1.48 bits per heavy atom. The Balaban J connectivity index is 1.55. The number of carbonyl (C=O) groups excluding carboxylic acids is 3. The fraction of sp³-hybridized carbons (Fsp3) is 0.400. The zero-order chi connectivity index (χ0) is 14.6. The fourth-order valence-electron chi connectivity index (χ4n) is 3.27. The van der Waals surface area contributed by atoms with Crippen LogP contribution in [0.1, 0.15) is 33.6 Å². The summed E-state index contributed by atoms with van der Waals surface area (Å²) in [5.74, 6) is -0.851. The lowest BCUT2D eigenvalue weighted by atomic mass is 10.1. The van der Waals surface area contributed by atoms with Crippen LogP contribution in [0.25, 0.3) is 0 Å². The molecule has 0 aromatic heterocycles. The van der Waals surface area contributed by atoms with E-state index < -0.39 is 6.04 Å². The largest absolute Gasteiger partial charge is 0.271 e. The first-order valence-corrected chi connectivity index (χ1v) is 7.21. The number of β-lactam (4-membered cyclic amide) rings is 1. The second kappa shape index (κ2) is 4.39. The van der Waals surface area contributed by atoms with E-state index in [0.29, 0.717) is 17.7 Å². The Hall–Kier alpha value is -2.21. The molecule has 0 N–H and O–H groups in total. The Kier molecular flexibility index (Phi) is 2.62. The van der Waals surface area contributed by atoms with Crippen LogP contribution in [0, 0.1) is 0 Å². The van der Waals surface area contributed by atoms with Gasteiger partial charge in [0.15, 0.2) is 0 Å². The molecule has 0 bridgehead atoms.